The first-order valence-corrected chi connectivity index (χ1v) is 7.63. The molecule has 0 saturated carbocycles. The van der Waals surface area contributed by atoms with Gasteiger partial charge in [-0.1, -0.05) is 36.4 Å². The fourth-order valence-corrected chi connectivity index (χ4v) is 3.09. The van der Waals surface area contributed by atoms with Crippen LogP contribution in [0.25, 0.3) is 0 Å². The van der Waals surface area contributed by atoms with Gasteiger partial charge in [-0.15, -0.1) is 0 Å². The molecule has 2 rings (SSSR count). The van der Waals surface area contributed by atoms with E-state index in [4.69, 9.17) is 10.5 Å². The van der Waals surface area contributed by atoms with E-state index in [2.05, 4.69) is 15.9 Å². The predicted octanol–water partition coefficient (Wildman–Crippen LogP) is 2.89. The second-order valence-electron chi connectivity index (χ2n) is 5.15. The maximum atomic E-state index is 9.94. The summed E-state index contributed by atoms with van der Waals surface area (Å²) in [5.74, 6) is 0.792. The van der Waals surface area contributed by atoms with Crippen molar-refractivity contribution in [2.45, 2.75) is 11.8 Å². The number of halogens is 1. The smallest absolute Gasteiger partial charge is 0.133 e. The largest absolute Gasteiger partial charge is 0.496 e. The van der Waals surface area contributed by atoms with Crippen molar-refractivity contribution >= 4 is 15.9 Å². The maximum absolute atomic E-state index is 9.94. The van der Waals surface area contributed by atoms with Crippen LogP contribution in [-0.2, 0) is 11.8 Å². The predicted molar refractivity (Wildman–Crippen MR) is 88.7 cm³/mol. The number of hydrogen-bond donors (Lipinski definition) is 2. The van der Waals surface area contributed by atoms with E-state index in [9.17, 15) is 5.11 Å². The second kappa shape index (κ2) is 7.07. The highest BCUT2D eigenvalue weighted by atomic mass is 79.9. The van der Waals surface area contributed by atoms with Gasteiger partial charge in [0.05, 0.1) is 18.2 Å². The molecule has 2 aromatic rings. The average Bonchev–Trinajstić information content (AvgIpc) is 2.54. The number of aliphatic hydroxyl groups is 1. The number of benzene rings is 2. The molecule has 0 aliphatic rings. The molecule has 1 unspecified atom stereocenters. The molecule has 0 amide bonds. The van der Waals surface area contributed by atoms with Gasteiger partial charge in [-0.25, -0.2) is 0 Å². The van der Waals surface area contributed by atoms with Crippen LogP contribution in [0.4, 0.5) is 0 Å². The third-order valence-electron chi connectivity index (χ3n) is 3.84. The highest BCUT2D eigenvalue weighted by molar-refractivity contribution is 9.10. The maximum Gasteiger partial charge on any atom is 0.133 e. The van der Waals surface area contributed by atoms with Gasteiger partial charge in [0, 0.05) is 12.0 Å². The third-order valence-corrected chi connectivity index (χ3v) is 4.46. The van der Waals surface area contributed by atoms with Gasteiger partial charge in [-0.2, -0.15) is 0 Å². The Hall–Kier alpha value is -1.36. The van der Waals surface area contributed by atoms with Crippen molar-refractivity contribution in [1.29, 1.82) is 0 Å². The van der Waals surface area contributed by atoms with Crippen LogP contribution >= 0.6 is 15.9 Å². The minimum atomic E-state index is -0.463. The Bertz CT molecular complexity index is 583. The van der Waals surface area contributed by atoms with Crippen LogP contribution in [0.2, 0.25) is 0 Å². The van der Waals surface area contributed by atoms with Crippen LogP contribution in [0.1, 0.15) is 11.1 Å². The molecule has 0 aliphatic carbocycles. The van der Waals surface area contributed by atoms with Crippen molar-refractivity contribution in [1.82, 2.24) is 0 Å². The quantitative estimate of drug-likeness (QED) is 0.842. The summed E-state index contributed by atoms with van der Waals surface area (Å²) in [5.41, 5.74) is 7.69. The van der Waals surface area contributed by atoms with Crippen molar-refractivity contribution in [3.05, 3.63) is 64.1 Å². The van der Waals surface area contributed by atoms with Gasteiger partial charge in [0.25, 0.3) is 0 Å². The molecule has 21 heavy (non-hydrogen) atoms. The Balaban J connectivity index is 2.34. The highest BCUT2D eigenvalue weighted by Crippen LogP contribution is 2.31. The van der Waals surface area contributed by atoms with E-state index in [0.717, 1.165) is 21.3 Å². The van der Waals surface area contributed by atoms with Crippen LogP contribution in [0, 0.1) is 0 Å². The molecule has 0 aliphatic heterocycles. The molecule has 0 bridgehead atoms. The van der Waals surface area contributed by atoms with E-state index in [-0.39, 0.29) is 6.61 Å². The molecule has 0 saturated heterocycles. The van der Waals surface area contributed by atoms with Crippen LogP contribution in [0.15, 0.2) is 53.0 Å². The van der Waals surface area contributed by atoms with Crippen molar-refractivity contribution in [2.24, 2.45) is 5.73 Å². The van der Waals surface area contributed by atoms with Crippen molar-refractivity contribution in [2.75, 3.05) is 20.3 Å². The zero-order valence-electron chi connectivity index (χ0n) is 12.1. The SMILES string of the molecule is COc1ccc(CC(CN)(CO)c2ccccc2)cc1Br. The number of aliphatic hydroxyl groups excluding tert-OH is 1. The van der Waals surface area contributed by atoms with E-state index in [1.807, 2.05) is 48.5 Å². The fraction of sp³-hybridized carbons (Fsp3) is 0.294. The standard InChI is InChI=1S/C17H20BrNO2/c1-21-16-8-7-13(9-15(16)18)10-17(11-19,12-20)14-5-3-2-4-6-14/h2-9,20H,10-12,19H2,1H3. The van der Waals surface area contributed by atoms with Gasteiger partial charge in [-0.05, 0) is 45.6 Å². The summed E-state index contributed by atoms with van der Waals surface area (Å²) in [6.45, 7) is 0.397. The first-order chi connectivity index (χ1) is 10.1. The molecule has 1 atom stereocenters. The lowest BCUT2D eigenvalue weighted by Gasteiger charge is -2.31. The van der Waals surface area contributed by atoms with E-state index in [0.29, 0.717) is 13.0 Å². The van der Waals surface area contributed by atoms with Crippen molar-refractivity contribution in [3.63, 3.8) is 0 Å². The Morgan fingerprint density at radius 3 is 2.43 bits per heavy atom. The zero-order valence-corrected chi connectivity index (χ0v) is 13.6. The Labute approximate surface area is 133 Å². The van der Waals surface area contributed by atoms with Crippen LogP contribution in [-0.4, -0.2) is 25.4 Å². The van der Waals surface area contributed by atoms with Gasteiger partial charge < -0.3 is 15.6 Å². The molecule has 2 aromatic carbocycles. The number of methoxy groups -OCH3 is 1. The van der Waals surface area contributed by atoms with Gasteiger partial charge >= 0.3 is 0 Å². The molecule has 0 fully saturated rings. The summed E-state index contributed by atoms with van der Waals surface area (Å²) in [5, 5.41) is 9.94. The molecule has 4 heteroatoms. The molecule has 0 spiro atoms. The van der Waals surface area contributed by atoms with E-state index < -0.39 is 5.41 Å². The Morgan fingerprint density at radius 2 is 1.90 bits per heavy atom. The number of ether oxygens (including phenoxy) is 1. The van der Waals surface area contributed by atoms with Crippen molar-refractivity contribution < 1.29 is 9.84 Å². The van der Waals surface area contributed by atoms with Crippen molar-refractivity contribution in [3.8, 4) is 5.75 Å². The topological polar surface area (TPSA) is 55.5 Å². The van der Waals surface area contributed by atoms with Crippen LogP contribution < -0.4 is 10.5 Å². The summed E-state index contributed by atoms with van der Waals surface area (Å²) in [7, 11) is 1.64. The minimum absolute atomic E-state index is 0.0111. The summed E-state index contributed by atoms with van der Waals surface area (Å²) < 4.78 is 6.15. The lowest BCUT2D eigenvalue weighted by Crippen LogP contribution is -2.41. The second-order valence-corrected chi connectivity index (χ2v) is 6.01. The highest BCUT2D eigenvalue weighted by Gasteiger charge is 2.30. The summed E-state index contributed by atoms with van der Waals surface area (Å²) in [6, 6.07) is 15.9. The zero-order chi connectivity index (χ0) is 15.3. The van der Waals surface area contributed by atoms with E-state index in [1.54, 1.807) is 7.11 Å². The summed E-state index contributed by atoms with van der Waals surface area (Å²) in [6.07, 6.45) is 0.673. The monoisotopic (exact) mass is 349 g/mol. The number of rotatable bonds is 6. The molecule has 0 heterocycles. The molecular formula is C17H20BrNO2. The lowest BCUT2D eigenvalue weighted by molar-refractivity contribution is 0.196. The minimum Gasteiger partial charge on any atom is -0.496 e. The normalized spacial score (nSPS) is 13.7. The Kier molecular flexibility index (Phi) is 5.39. The lowest BCUT2D eigenvalue weighted by atomic mass is 9.76. The average molecular weight is 350 g/mol. The summed E-state index contributed by atoms with van der Waals surface area (Å²) in [4.78, 5) is 0. The molecule has 0 aromatic heterocycles. The molecular weight excluding hydrogens is 330 g/mol. The van der Waals surface area contributed by atoms with E-state index in [1.165, 1.54) is 0 Å². The van der Waals surface area contributed by atoms with Gasteiger partial charge in [-0.3, -0.25) is 0 Å². The van der Waals surface area contributed by atoms with E-state index >= 15 is 0 Å². The number of hydrogen-bond acceptors (Lipinski definition) is 3. The third kappa shape index (κ3) is 3.46. The van der Waals surface area contributed by atoms with Crippen LogP contribution in [0.5, 0.6) is 5.75 Å². The Morgan fingerprint density at radius 1 is 1.19 bits per heavy atom. The van der Waals surface area contributed by atoms with Crippen LogP contribution in [0.3, 0.4) is 0 Å². The molecule has 3 N–H and O–H groups in total. The number of nitrogens with two attached hydrogens (primary N) is 1. The van der Waals surface area contributed by atoms with Gasteiger partial charge in [0.1, 0.15) is 5.75 Å². The first-order valence-electron chi connectivity index (χ1n) is 6.84. The fourth-order valence-electron chi connectivity index (χ4n) is 2.51. The molecule has 3 nitrogen and oxygen atoms in total. The van der Waals surface area contributed by atoms with Gasteiger partial charge in [0.2, 0.25) is 0 Å². The molecule has 112 valence electrons. The summed E-state index contributed by atoms with van der Waals surface area (Å²) >= 11 is 3.50. The molecule has 0 radical (unpaired) electrons. The first kappa shape index (κ1) is 16.0. The van der Waals surface area contributed by atoms with Gasteiger partial charge in [0.15, 0.2) is 0 Å².